The van der Waals surface area contributed by atoms with E-state index in [0.717, 1.165) is 69.6 Å². The first-order valence-corrected chi connectivity index (χ1v) is 33.3. The second-order valence-electron chi connectivity index (χ2n) is 23.6. The van der Waals surface area contributed by atoms with Crippen LogP contribution in [0.5, 0.6) is 0 Å². The molecule has 6 heteroatoms. The average molecular weight is 1030 g/mol. The zero-order valence-electron chi connectivity index (χ0n) is 50.3. The fourth-order valence-electron chi connectivity index (χ4n) is 10.4. The largest absolute Gasteiger partial charge is 0.462 e. The molecule has 0 aromatic carbocycles. The number of hydrogen-bond acceptors (Lipinski definition) is 6. The molecule has 0 bridgehead atoms. The van der Waals surface area contributed by atoms with Gasteiger partial charge in [0.15, 0.2) is 6.10 Å². The van der Waals surface area contributed by atoms with Crippen molar-refractivity contribution >= 4 is 17.9 Å². The third-order valence-corrected chi connectivity index (χ3v) is 16.2. The lowest BCUT2D eigenvalue weighted by atomic mass is 9.99. The highest BCUT2D eigenvalue weighted by Crippen LogP contribution is 2.20. The van der Waals surface area contributed by atoms with E-state index in [1.807, 2.05) is 0 Å². The molecule has 0 aromatic heterocycles. The van der Waals surface area contributed by atoms with Gasteiger partial charge in [-0.3, -0.25) is 14.4 Å². The van der Waals surface area contributed by atoms with Crippen molar-refractivity contribution in [2.75, 3.05) is 13.2 Å². The minimum atomic E-state index is -0.764. The molecule has 6 nitrogen and oxygen atoms in total. The van der Waals surface area contributed by atoms with E-state index in [0.29, 0.717) is 19.3 Å². The highest BCUT2D eigenvalue weighted by molar-refractivity contribution is 5.71. The smallest absolute Gasteiger partial charge is 0.306 e. The van der Waals surface area contributed by atoms with Gasteiger partial charge in [-0.2, -0.15) is 0 Å². The van der Waals surface area contributed by atoms with Gasteiger partial charge in [0, 0.05) is 19.3 Å². The van der Waals surface area contributed by atoms with Crippen LogP contribution in [0, 0.1) is 11.8 Å². The van der Waals surface area contributed by atoms with Crippen LogP contribution in [-0.4, -0.2) is 37.2 Å². The second-order valence-corrected chi connectivity index (χ2v) is 23.6. The summed E-state index contributed by atoms with van der Waals surface area (Å²) in [6.07, 6.45) is 66.6. The van der Waals surface area contributed by atoms with Gasteiger partial charge in [0.1, 0.15) is 13.2 Å². The molecular formula is C67H130O6. The van der Waals surface area contributed by atoms with E-state index in [1.54, 1.807) is 0 Å². The minimum Gasteiger partial charge on any atom is -0.462 e. The van der Waals surface area contributed by atoms with Gasteiger partial charge in [-0.25, -0.2) is 0 Å². The Bertz CT molecular complexity index is 1120. The molecule has 0 aliphatic heterocycles. The van der Waals surface area contributed by atoms with Gasteiger partial charge in [0.25, 0.3) is 0 Å². The first-order valence-electron chi connectivity index (χ1n) is 33.3. The summed E-state index contributed by atoms with van der Waals surface area (Å²) in [6.45, 7) is 11.5. The van der Waals surface area contributed by atoms with E-state index in [4.69, 9.17) is 14.2 Å². The van der Waals surface area contributed by atoms with E-state index in [9.17, 15) is 14.4 Å². The van der Waals surface area contributed by atoms with E-state index in [2.05, 4.69) is 34.6 Å². The Morgan fingerprint density at radius 3 is 0.712 bits per heavy atom. The maximum absolute atomic E-state index is 12.9. The van der Waals surface area contributed by atoms with Crippen molar-refractivity contribution in [1.82, 2.24) is 0 Å². The molecule has 0 spiro atoms. The van der Waals surface area contributed by atoms with Crippen molar-refractivity contribution in [3.63, 3.8) is 0 Å². The van der Waals surface area contributed by atoms with Gasteiger partial charge in [0.2, 0.25) is 0 Å². The van der Waals surface area contributed by atoms with Crippen LogP contribution in [0.4, 0.5) is 0 Å². The van der Waals surface area contributed by atoms with Gasteiger partial charge >= 0.3 is 17.9 Å². The topological polar surface area (TPSA) is 78.9 Å². The van der Waals surface area contributed by atoms with E-state index in [1.165, 1.54) is 270 Å². The summed E-state index contributed by atoms with van der Waals surface area (Å²) in [6, 6.07) is 0. The molecule has 2 unspecified atom stereocenters. The van der Waals surface area contributed by atoms with Crippen molar-refractivity contribution in [3.05, 3.63) is 0 Å². The molecule has 0 aromatic rings. The summed E-state index contributed by atoms with van der Waals surface area (Å²) in [5, 5.41) is 0. The molecule has 0 rings (SSSR count). The molecule has 0 aliphatic carbocycles. The highest BCUT2D eigenvalue weighted by Gasteiger charge is 2.20. The predicted octanol–water partition coefficient (Wildman–Crippen LogP) is 22.4. The van der Waals surface area contributed by atoms with Crippen LogP contribution in [0.1, 0.15) is 381 Å². The fourth-order valence-corrected chi connectivity index (χ4v) is 10.4. The summed E-state index contributed by atoms with van der Waals surface area (Å²) in [4.78, 5) is 38.4. The van der Waals surface area contributed by atoms with E-state index < -0.39 is 6.10 Å². The van der Waals surface area contributed by atoms with Crippen LogP contribution in [0.3, 0.4) is 0 Å². The standard InChI is InChI=1S/C67H130O6/c1-6-9-10-11-12-13-14-15-20-29-34-39-44-49-54-59-67(70)73-64(61-72-66(69)58-53-48-43-38-33-28-24-23-26-31-36-41-46-51-56-63(5)8-3)60-71-65(68)57-52-47-42-37-32-27-22-19-17-16-18-21-25-30-35-40-45-50-55-62(4)7-2/h62-64H,6-61H2,1-5H3/t62?,63?,64-/m0/s1. The summed E-state index contributed by atoms with van der Waals surface area (Å²) >= 11 is 0. The molecule has 0 heterocycles. The maximum atomic E-state index is 12.9. The van der Waals surface area contributed by atoms with Crippen molar-refractivity contribution in [1.29, 1.82) is 0 Å². The summed E-state index contributed by atoms with van der Waals surface area (Å²) in [5.74, 6) is 0.978. The Balaban J connectivity index is 4.26. The monoisotopic (exact) mass is 1030 g/mol. The number of hydrogen-bond donors (Lipinski definition) is 0. The first-order chi connectivity index (χ1) is 35.8. The lowest BCUT2D eigenvalue weighted by Crippen LogP contribution is -2.30. The van der Waals surface area contributed by atoms with Gasteiger partial charge in [0.05, 0.1) is 0 Å². The molecule has 0 amide bonds. The number of esters is 3. The molecule has 0 fully saturated rings. The fraction of sp³-hybridized carbons (Fsp3) is 0.955. The lowest BCUT2D eigenvalue weighted by molar-refractivity contribution is -0.167. The normalized spacial score (nSPS) is 12.8. The van der Waals surface area contributed by atoms with Crippen molar-refractivity contribution in [2.45, 2.75) is 387 Å². The number of rotatable bonds is 61. The quantitative estimate of drug-likeness (QED) is 0.0343. The van der Waals surface area contributed by atoms with Crippen LogP contribution >= 0.6 is 0 Å². The van der Waals surface area contributed by atoms with Crippen LogP contribution in [0.15, 0.2) is 0 Å². The summed E-state index contributed by atoms with van der Waals surface area (Å²) in [5.41, 5.74) is 0. The minimum absolute atomic E-state index is 0.0615. The van der Waals surface area contributed by atoms with Gasteiger partial charge in [-0.05, 0) is 31.1 Å². The summed E-state index contributed by atoms with van der Waals surface area (Å²) in [7, 11) is 0. The molecular weight excluding hydrogens is 901 g/mol. The van der Waals surface area contributed by atoms with E-state index in [-0.39, 0.29) is 31.1 Å². The van der Waals surface area contributed by atoms with Crippen LogP contribution in [0.2, 0.25) is 0 Å². The SMILES string of the molecule is CCCCCCCCCCCCCCCCCC(=O)O[C@@H](COC(=O)CCCCCCCCCCCCCCCCCCCCC(C)CC)COC(=O)CCCCCCCCCCCCCCCCC(C)CC. The Hall–Kier alpha value is -1.59. The molecule has 0 radical (unpaired) electrons. The predicted molar refractivity (Wildman–Crippen MR) is 316 cm³/mol. The van der Waals surface area contributed by atoms with Crippen molar-refractivity contribution < 1.29 is 28.6 Å². The molecule has 434 valence electrons. The number of ether oxygens (including phenoxy) is 3. The van der Waals surface area contributed by atoms with Crippen LogP contribution in [-0.2, 0) is 28.6 Å². The third kappa shape index (κ3) is 57.9. The van der Waals surface area contributed by atoms with Crippen molar-refractivity contribution in [2.24, 2.45) is 11.8 Å². The van der Waals surface area contributed by atoms with Gasteiger partial charge in [-0.1, -0.05) is 343 Å². The lowest BCUT2D eigenvalue weighted by Gasteiger charge is -2.18. The van der Waals surface area contributed by atoms with Gasteiger partial charge < -0.3 is 14.2 Å². The van der Waals surface area contributed by atoms with Crippen LogP contribution < -0.4 is 0 Å². The Morgan fingerprint density at radius 1 is 0.274 bits per heavy atom. The number of carbonyl (C=O) groups excluding carboxylic acids is 3. The Kier molecular flexibility index (Phi) is 58.4. The van der Waals surface area contributed by atoms with E-state index >= 15 is 0 Å². The second kappa shape index (κ2) is 59.7. The molecule has 0 saturated heterocycles. The first kappa shape index (κ1) is 71.4. The molecule has 0 saturated carbocycles. The number of carbonyl (C=O) groups is 3. The number of unbranched alkanes of at least 4 members (excludes halogenated alkanes) is 44. The summed E-state index contributed by atoms with van der Waals surface area (Å²) < 4.78 is 17.0. The molecule has 3 atom stereocenters. The maximum Gasteiger partial charge on any atom is 0.306 e. The average Bonchev–Trinajstić information content (AvgIpc) is 3.39. The Labute approximate surface area is 457 Å². The third-order valence-electron chi connectivity index (χ3n) is 16.2. The zero-order chi connectivity index (χ0) is 53.2. The van der Waals surface area contributed by atoms with Gasteiger partial charge in [-0.15, -0.1) is 0 Å². The zero-order valence-corrected chi connectivity index (χ0v) is 50.3. The molecule has 0 N–H and O–H groups in total. The molecule has 0 aliphatic rings. The van der Waals surface area contributed by atoms with Crippen molar-refractivity contribution in [3.8, 4) is 0 Å². The molecule has 73 heavy (non-hydrogen) atoms. The van der Waals surface area contributed by atoms with Crippen LogP contribution in [0.25, 0.3) is 0 Å². The highest BCUT2D eigenvalue weighted by atomic mass is 16.6. The Morgan fingerprint density at radius 2 is 0.479 bits per heavy atom.